The summed E-state index contributed by atoms with van der Waals surface area (Å²) in [5, 5.41) is 10.1. The molecule has 0 saturated carbocycles. The van der Waals surface area contributed by atoms with Crippen LogP contribution in [-0.2, 0) is 31.6 Å². The number of phosphoric acid groups is 3. The highest BCUT2D eigenvalue weighted by Gasteiger charge is 2.43. The first-order valence-electron chi connectivity index (χ1n) is 8.32. The van der Waals surface area contributed by atoms with E-state index in [1.165, 1.54) is 6.20 Å². The zero-order valence-electron chi connectivity index (χ0n) is 15.8. The van der Waals surface area contributed by atoms with Crippen molar-refractivity contribution in [3.05, 3.63) is 22.2 Å². The first-order chi connectivity index (χ1) is 14.6. The summed E-state index contributed by atoms with van der Waals surface area (Å²) >= 11 is 0. The summed E-state index contributed by atoms with van der Waals surface area (Å²) in [7, 11) is -16.6. The fourth-order valence-electron chi connectivity index (χ4n) is 2.44. The molecule has 0 bridgehead atoms. The molecule has 5 atom stereocenters. The predicted molar refractivity (Wildman–Crippen MR) is 103 cm³/mol. The largest absolute Gasteiger partial charge is 0.490 e. The minimum Gasteiger partial charge on any atom is -0.390 e. The highest BCUT2D eigenvalue weighted by atomic mass is 31.3. The topological polar surface area (TPSA) is 276 Å². The molecule has 1 saturated heterocycles. The van der Waals surface area contributed by atoms with Gasteiger partial charge < -0.3 is 40.9 Å². The van der Waals surface area contributed by atoms with Crippen molar-refractivity contribution < 1.29 is 56.3 Å². The van der Waals surface area contributed by atoms with Crippen molar-refractivity contribution in [2.24, 2.45) is 5.73 Å². The monoisotopic (exact) mass is 520 g/mol. The van der Waals surface area contributed by atoms with E-state index in [1.807, 2.05) is 0 Å². The van der Waals surface area contributed by atoms with Crippen LogP contribution in [0, 0.1) is 11.8 Å². The summed E-state index contributed by atoms with van der Waals surface area (Å²) in [5.41, 5.74) is 10.2. The second-order valence-electron chi connectivity index (χ2n) is 6.05. The molecule has 0 amide bonds. The van der Waals surface area contributed by atoms with Crippen molar-refractivity contribution in [1.29, 1.82) is 0 Å². The lowest BCUT2D eigenvalue weighted by molar-refractivity contribution is -0.0449. The van der Waals surface area contributed by atoms with Crippen LogP contribution in [0.25, 0.3) is 0 Å². The smallest absolute Gasteiger partial charge is 0.390 e. The number of aliphatic hydroxyl groups excluding tert-OH is 1. The highest BCUT2D eigenvalue weighted by Crippen LogP contribution is 2.66. The van der Waals surface area contributed by atoms with Gasteiger partial charge in [0.15, 0.2) is 0 Å². The van der Waals surface area contributed by atoms with Gasteiger partial charge in [0.25, 0.3) is 0 Å². The van der Waals surface area contributed by atoms with Crippen LogP contribution in [0.1, 0.15) is 18.2 Å². The molecule has 1 aliphatic heterocycles. The van der Waals surface area contributed by atoms with E-state index >= 15 is 0 Å². The third kappa shape index (κ3) is 7.84. The first-order valence-corrected chi connectivity index (χ1v) is 12.8. The van der Waals surface area contributed by atoms with Gasteiger partial charge in [0.2, 0.25) is 0 Å². The normalized spacial score (nSPS) is 24.9. The van der Waals surface area contributed by atoms with Crippen LogP contribution in [0.4, 0.5) is 5.82 Å². The standard InChI is InChI=1S/C12H19N4O13P3/c13-3-1-2-7-5-16(12(18)15-11(7)14)10-4-8(17)9(27-10)6-26-31(22,23)29-32(24,25)28-30(19,20)21/h5,8-10,17H,3-4,6,13H2,(H,22,23)(H,24,25)(H2,14,15,18)(H2,19,20,21)/t8?,9-,10-/m1/s1. The van der Waals surface area contributed by atoms with E-state index in [0.717, 1.165) is 4.57 Å². The third-order valence-corrected chi connectivity index (χ3v) is 7.44. The lowest BCUT2D eigenvalue weighted by Crippen LogP contribution is -2.29. The molecule has 32 heavy (non-hydrogen) atoms. The summed E-state index contributed by atoms with van der Waals surface area (Å²) in [4.78, 5) is 51.3. The molecule has 0 radical (unpaired) electrons. The van der Waals surface area contributed by atoms with Crippen molar-refractivity contribution in [2.75, 3.05) is 18.9 Å². The molecule has 1 fully saturated rings. The Labute approximate surface area is 179 Å². The van der Waals surface area contributed by atoms with Crippen molar-refractivity contribution in [2.45, 2.75) is 24.9 Å². The SMILES string of the molecule is NCC#Cc1cn([C@H]2CC(O)[C@@H](COP(=O)(O)OP(=O)(O)OP(=O)(O)O)O2)c(=O)nc1N. The lowest BCUT2D eigenvalue weighted by atomic mass is 10.2. The number of nitrogens with zero attached hydrogens (tertiary/aromatic N) is 2. The van der Waals surface area contributed by atoms with Crippen LogP contribution >= 0.6 is 23.5 Å². The van der Waals surface area contributed by atoms with E-state index in [4.69, 9.17) is 30.9 Å². The molecule has 2 heterocycles. The zero-order chi connectivity index (χ0) is 24.3. The van der Waals surface area contributed by atoms with Gasteiger partial charge in [0.1, 0.15) is 18.1 Å². The maximum atomic E-state index is 12.1. The quantitative estimate of drug-likeness (QED) is 0.146. The second-order valence-corrected chi connectivity index (χ2v) is 10.5. The number of ether oxygens (including phenoxy) is 1. The summed E-state index contributed by atoms with van der Waals surface area (Å²) in [6.45, 7) is -0.877. The van der Waals surface area contributed by atoms with Gasteiger partial charge in [0.05, 0.1) is 24.8 Å². The maximum absolute atomic E-state index is 12.1. The summed E-state index contributed by atoms with van der Waals surface area (Å²) < 4.78 is 51.6. The average Bonchev–Trinajstić information content (AvgIpc) is 2.97. The van der Waals surface area contributed by atoms with Crippen LogP contribution in [0.2, 0.25) is 0 Å². The van der Waals surface area contributed by atoms with Gasteiger partial charge in [-0.15, -0.1) is 0 Å². The molecule has 20 heteroatoms. The van der Waals surface area contributed by atoms with Crippen LogP contribution in [0.15, 0.2) is 11.0 Å². The Morgan fingerprint density at radius 3 is 2.47 bits per heavy atom. The number of hydrogen-bond acceptors (Lipinski definition) is 12. The Bertz CT molecular complexity index is 1110. The molecule has 1 aromatic rings. The number of nitrogens with two attached hydrogens (primary N) is 2. The predicted octanol–water partition coefficient (Wildman–Crippen LogP) is -1.87. The van der Waals surface area contributed by atoms with E-state index in [-0.39, 0.29) is 24.3 Å². The Morgan fingerprint density at radius 1 is 1.22 bits per heavy atom. The van der Waals surface area contributed by atoms with Gasteiger partial charge in [0, 0.05) is 12.6 Å². The minimum absolute atomic E-state index is 0.0138. The van der Waals surface area contributed by atoms with Gasteiger partial charge >= 0.3 is 29.2 Å². The van der Waals surface area contributed by atoms with Gasteiger partial charge in [-0.25, -0.2) is 18.5 Å². The maximum Gasteiger partial charge on any atom is 0.490 e. The number of rotatable bonds is 8. The van der Waals surface area contributed by atoms with Gasteiger partial charge in [-0.2, -0.15) is 13.6 Å². The molecule has 0 aromatic carbocycles. The van der Waals surface area contributed by atoms with E-state index in [2.05, 4.69) is 30.0 Å². The summed E-state index contributed by atoms with van der Waals surface area (Å²) in [5.74, 6) is 4.97. The lowest BCUT2D eigenvalue weighted by Gasteiger charge is -2.19. The fraction of sp³-hybridized carbons (Fsp3) is 0.500. The third-order valence-electron chi connectivity index (χ3n) is 3.64. The molecule has 2 rings (SSSR count). The fourth-order valence-corrected chi connectivity index (χ4v) is 5.47. The molecule has 3 unspecified atom stereocenters. The van der Waals surface area contributed by atoms with E-state index in [9.17, 15) is 28.5 Å². The molecule has 0 spiro atoms. The van der Waals surface area contributed by atoms with Crippen molar-refractivity contribution in [3.63, 3.8) is 0 Å². The summed E-state index contributed by atoms with van der Waals surface area (Å²) in [6.07, 6.45) is -2.75. The molecular formula is C12H19N4O13P3. The number of aromatic nitrogens is 2. The van der Waals surface area contributed by atoms with Gasteiger partial charge in [-0.3, -0.25) is 9.09 Å². The second kappa shape index (κ2) is 10.2. The van der Waals surface area contributed by atoms with E-state index in [1.54, 1.807) is 0 Å². The number of phosphoric ester groups is 1. The first kappa shape index (κ1) is 26.8. The highest BCUT2D eigenvalue weighted by molar-refractivity contribution is 7.66. The number of hydrogen-bond donors (Lipinski definition) is 7. The minimum atomic E-state index is -5.69. The van der Waals surface area contributed by atoms with Crippen LogP contribution in [0.3, 0.4) is 0 Å². The molecule has 180 valence electrons. The van der Waals surface area contributed by atoms with Crippen molar-refractivity contribution in [3.8, 4) is 11.8 Å². The van der Waals surface area contributed by atoms with Gasteiger partial charge in [-0.05, 0) is 0 Å². The number of nitrogen functional groups attached to an aromatic ring is 1. The molecule has 1 aliphatic rings. The molecule has 9 N–H and O–H groups in total. The Hall–Kier alpha value is -1.47. The number of aliphatic hydroxyl groups is 1. The van der Waals surface area contributed by atoms with Crippen LogP contribution in [0.5, 0.6) is 0 Å². The van der Waals surface area contributed by atoms with Crippen LogP contribution < -0.4 is 17.2 Å². The van der Waals surface area contributed by atoms with Crippen LogP contribution in [-0.4, -0.2) is 59.6 Å². The molecule has 1 aromatic heterocycles. The van der Waals surface area contributed by atoms with Crippen molar-refractivity contribution >= 4 is 29.3 Å². The summed E-state index contributed by atoms with van der Waals surface area (Å²) in [6, 6.07) is 0. The van der Waals surface area contributed by atoms with Gasteiger partial charge in [-0.1, -0.05) is 11.8 Å². The Morgan fingerprint density at radius 2 is 1.88 bits per heavy atom. The zero-order valence-corrected chi connectivity index (χ0v) is 18.5. The Kier molecular flexibility index (Phi) is 8.54. The van der Waals surface area contributed by atoms with E-state index < -0.39 is 54.2 Å². The average molecular weight is 520 g/mol. The van der Waals surface area contributed by atoms with Crippen molar-refractivity contribution in [1.82, 2.24) is 9.55 Å². The molecule has 0 aliphatic carbocycles. The molecular weight excluding hydrogens is 501 g/mol. The number of anilines is 1. The molecule has 17 nitrogen and oxygen atoms in total. The Balaban J connectivity index is 2.08. The van der Waals surface area contributed by atoms with E-state index in [0.29, 0.717) is 0 Å².